The summed E-state index contributed by atoms with van der Waals surface area (Å²) in [4.78, 5) is 18.2. The van der Waals surface area contributed by atoms with Crippen LogP contribution in [0.25, 0.3) is 0 Å². The molecule has 0 aromatic carbocycles. The molecule has 1 atom stereocenters. The molecule has 0 saturated carbocycles. The monoisotopic (exact) mass is 258 g/mol. The number of hydrogen-bond acceptors (Lipinski definition) is 5. The van der Waals surface area contributed by atoms with Crippen molar-refractivity contribution < 1.29 is 13.2 Å². The number of nitrogens with zero attached hydrogens (tertiary/aromatic N) is 1. The van der Waals surface area contributed by atoms with Crippen LogP contribution in [0.4, 0.5) is 0 Å². The highest BCUT2D eigenvalue weighted by Crippen LogP contribution is 2.25. The first-order valence-corrected chi connectivity index (χ1v) is 7.12. The van der Waals surface area contributed by atoms with Crippen LogP contribution in [0.15, 0.2) is 10.9 Å². The highest BCUT2D eigenvalue weighted by molar-refractivity contribution is 7.91. The second-order valence-electron chi connectivity index (χ2n) is 4.15. The Labute approximate surface area is 99.0 Å². The average molecular weight is 258 g/mol. The Morgan fingerprint density at radius 3 is 2.94 bits per heavy atom. The van der Waals surface area contributed by atoms with Gasteiger partial charge in [0.25, 0.3) is 5.56 Å². The molecule has 1 aliphatic rings. The van der Waals surface area contributed by atoms with Gasteiger partial charge in [-0.25, -0.2) is 13.4 Å². The van der Waals surface area contributed by atoms with Gasteiger partial charge in [-0.3, -0.25) is 4.79 Å². The summed E-state index contributed by atoms with van der Waals surface area (Å²) in [7, 11) is -1.46. The van der Waals surface area contributed by atoms with Crippen LogP contribution < -0.4 is 5.56 Å². The molecule has 1 saturated heterocycles. The molecule has 1 aliphatic heterocycles. The Hall–Kier alpha value is -1.21. The Morgan fingerprint density at radius 2 is 2.35 bits per heavy atom. The molecule has 94 valence electrons. The van der Waals surface area contributed by atoms with Crippen LogP contribution in [-0.2, 0) is 21.2 Å². The van der Waals surface area contributed by atoms with Crippen LogP contribution in [0.2, 0.25) is 0 Å². The van der Waals surface area contributed by atoms with Crippen LogP contribution in [0, 0.1) is 0 Å². The maximum Gasteiger partial charge on any atom is 0.251 e. The van der Waals surface area contributed by atoms with Crippen molar-refractivity contribution >= 4 is 9.84 Å². The van der Waals surface area contributed by atoms with Crippen molar-refractivity contribution in [2.45, 2.75) is 18.9 Å². The zero-order valence-electron chi connectivity index (χ0n) is 9.47. The normalized spacial score (nSPS) is 22.8. The number of sulfone groups is 1. The lowest BCUT2D eigenvalue weighted by Gasteiger charge is -2.08. The van der Waals surface area contributed by atoms with E-state index in [1.54, 1.807) is 0 Å². The van der Waals surface area contributed by atoms with E-state index in [0.717, 1.165) is 0 Å². The summed E-state index contributed by atoms with van der Waals surface area (Å²) in [5, 5.41) is 0. The van der Waals surface area contributed by atoms with Gasteiger partial charge in [-0.1, -0.05) is 0 Å². The van der Waals surface area contributed by atoms with Gasteiger partial charge in [0.05, 0.1) is 23.8 Å². The summed E-state index contributed by atoms with van der Waals surface area (Å²) in [6, 6.07) is 1.36. The number of nitrogens with one attached hydrogen (secondary N) is 1. The van der Waals surface area contributed by atoms with Gasteiger partial charge < -0.3 is 9.72 Å². The van der Waals surface area contributed by atoms with Crippen LogP contribution in [0.1, 0.15) is 23.9 Å². The molecule has 1 fully saturated rings. The summed E-state index contributed by atoms with van der Waals surface area (Å²) in [6.07, 6.45) is 0.516. The molecule has 1 N–H and O–H groups in total. The van der Waals surface area contributed by atoms with Gasteiger partial charge in [0, 0.05) is 19.1 Å². The second-order valence-corrected chi connectivity index (χ2v) is 6.38. The van der Waals surface area contributed by atoms with E-state index in [0.29, 0.717) is 17.9 Å². The van der Waals surface area contributed by atoms with E-state index >= 15 is 0 Å². The molecule has 1 aromatic heterocycles. The van der Waals surface area contributed by atoms with Crippen LogP contribution in [0.5, 0.6) is 0 Å². The smallest absolute Gasteiger partial charge is 0.251 e. The first kappa shape index (κ1) is 12.3. The lowest BCUT2D eigenvalue weighted by atomic mass is 10.1. The zero-order valence-corrected chi connectivity index (χ0v) is 10.3. The van der Waals surface area contributed by atoms with Crippen molar-refractivity contribution in [2.24, 2.45) is 0 Å². The maximum atomic E-state index is 11.4. The van der Waals surface area contributed by atoms with Gasteiger partial charge >= 0.3 is 0 Å². The van der Waals surface area contributed by atoms with E-state index in [1.807, 2.05) is 0 Å². The number of H-pyrrole nitrogens is 1. The third-order valence-electron chi connectivity index (χ3n) is 2.72. The third-order valence-corrected chi connectivity index (χ3v) is 4.49. The van der Waals surface area contributed by atoms with Gasteiger partial charge in [0.2, 0.25) is 0 Å². The van der Waals surface area contributed by atoms with E-state index in [2.05, 4.69) is 9.97 Å². The molecule has 1 aromatic rings. The summed E-state index contributed by atoms with van der Waals surface area (Å²) in [5.74, 6) is 0.470. The molecule has 7 heteroatoms. The fraction of sp³-hybridized carbons (Fsp3) is 0.600. The summed E-state index contributed by atoms with van der Waals surface area (Å²) in [6.45, 7) is 0.246. The lowest BCUT2D eigenvalue weighted by Crippen LogP contribution is -2.17. The van der Waals surface area contributed by atoms with Crippen molar-refractivity contribution in [1.29, 1.82) is 0 Å². The highest BCUT2D eigenvalue weighted by Gasteiger charge is 2.30. The summed E-state index contributed by atoms with van der Waals surface area (Å²) in [5.41, 5.74) is 0.252. The number of ether oxygens (including phenoxy) is 1. The average Bonchev–Trinajstić information content (AvgIpc) is 2.58. The van der Waals surface area contributed by atoms with Crippen LogP contribution in [0.3, 0.4) is 0 Å². The fourth-order valence-corrected chi connectivity index (χ4v) is 3.70. The third kappa shape index (κ3) is 2.92. The fourth-order valence-electron chi connectivity index (χ4n) is 1.95. The predicted octanol–water partition coefficient (Wildman–Crippen LogP) is -0.182. The number of methoxy groups -OCH3 is 1. The number of aromatic amines is 1. The van der Waals surface area contributed by atoms with Crippen LogP contribution in [-0.4, -0.2) is 37.0 Å². The van der Waals surface area contributed by atoms with Gasteiger partial charge in [-0.05, 0) is 6.42 Å². The Balaban J connectivity index is 2.30. The van der Waals surface area contributed by atoms with Crippen molar-refractivity contribution in [1.82, 2.24) is 9.97 Å². The number of rotatable bonds is 3. The Morgan fingerprint density at radius 1 is 1.59 bits per heavy atom. The van der Waals surface area contributed by atoms with Crippen LogP contribution >= 0.6 is 0 Å². The van der Waals surface area contributed by atoms with E-state index in [4.69, 9.17) is 4.74 Å². The predicted molar refractivity (Wildman–Crippen MR) is 61.6 cm³/mol. The molecule has 0 radical (unpaired) electrons. The van der Waals surface area contributed by atoms with Gasteiger partial charge in [-0.2, -0.15) is 0 Å². The van der Waals surface area contributed by atoms with E-state index in [-0.39, 0.29) is 29.6 Å². The standard InChI is InChI=1S/C10H14N2O4S/c1-16-5-8-4-9(13)12-10(11-8)7-2-3-17(14,15)6-7/h4,7H,2-3,5-6H2,1H3,(H,11,12,13). The topological polar surface area (TPSA) is 89.1 Å². The number of hydrogen-bond donors (Lipinski definition) is 1. The Kier molecular flexibility index (Phi) is 3.30. The molecule has 0 spiro atoms. The molecule has 0 aliphatic carbocycles. The van der Waals surface area contributed by atoms with Gasteiger partial charge in [0.1, 0.15) is 5.82 Å². The van der Waals surface area contributed by atoms with Crippen molar-refractivity contribution in [3.05, 3.63) is 27.9 Å². The SMILES string of the molecule is COCc1cc(=O)[nH]c(C2CCS(=O)(=O)C2)n1. The molecule has 6 nitrogen and oxygen atoms in total. The molecule has 0 amide bonds. The maximum absolute atomic E-state index is 11.4. The quantitative estimate of drug-likeness (QED) is 0.812. The van der Waals surface area contributed by atoms with Crippen molar-refractivity contribution in [3.8, 4) is 0 Å². The first-order valence-electron chi connectivity index (χ1n) is 5.30. The van der Waals surface area contributed by atoms with E-state index in [1.165, 1.54) is 13.2 Å². The minimum atomic E-state index is -2.97. The summed E-state index contributed by atoms with van der Waals surface area (Å²) < 4.78 is 27.6. The summed E-state index contributed by atoms with van der Waals surface area (Å²) >= 11 is 0. The largest absolute Gasteiger partial charge is 0.378 e. The van der Waals surface area contributed by atoms with Crippen molar-refractivity contribution in [2.75, 3.05) is 18.6 Å². The first-order chi connectivity index (χ1) is 8.00. The molecule has 2 heterocycles. The molecule has 1 unspecified atom stereocenters. The van der Waals surface area contributed by atoms with E-state index in [9.17, 15) is 13.2 Å². The zero-order chi connectivity index (χ0) is 12.5. The minimum Gasteiger partial charge on any atom is -0.378 e. The highest BCUT2D eigenvalue weighted by atomic mass is 32.2. The molecular formula is C10H14N2O4S. The second kappa shape index (κ2) is 4.58. The molecule has 17 heavy (non-hydrogen) atoms. The van der Waals surface area contributed by atoms with Gasteiger partial charge in [-0.15, -0.1) is 0 Å². The number of aromatic nitrogens is 2. The van der Waals surface area contributed by atoms with Gasteiger partial charge in [0.15, 0.2) is 9.84 Å². The molecular weight excluding hydrogens is 244 g/mol. The molecule has 2 rings (SSSR count). The van der Waals surface area contributed by atoms with E-state index < -0.39 is 9.84 Å². The lowest BCUT2D eigenvalue weighted by molar-refractivity contribution is 0.181. The Bertz CT molecular complexity index is 564. The molecule has 0 bridgehead atoms. The minimum absolute atomic E-state index is 0.0619. The van der Waals surface area contributed by atoms with Crippen molar-refractivity contribution in [3.63, 3.8) is 0 Å².